The second-order valence-electron chi connectivity index (χ2n) is 5.17. The van der Waals surface area contributed by atoms with Gasteiger partial charge >= 0.3 is 0 Å². The number of aryl methyl sites for hydroxylation is 1. The molecule has 9 heteroatoms. The number of nitrogens with zero attached hydrogens (tertiary/aromatic N) is 1. The quantitative estimate of drug-likeness (QED) is 0.676. The summed E-state index contributed by atoms with van der Waals surface area (Å²) in [5, 5.41) is 14.4. The van der Waals surface area contributed by atoms with Crippen molar-refractivity contribution in [2.24, 2.45) is 5.14 Å². The molecule has 118 valence electrons. The number of H-pyrrole nitrogens is 1. The van der Waals surface area contributed by atoms with Gasteiger partial charge in [0, 0.05) is 13.2 Å². The zero-order valence-electron chi connectivity index (χ0n) is 12.0. The van der Waals surface area contributed by atoms with Crippen LogP contribution in [0.25, 0.3) is 0 Å². The summed E-state index contributed by atoms with van der Waals surface area (Å²) in [6.07, 6.45) is 2.73. The highest BCUT2D eigenvalue weighted by molar-refractivity contribution is 7.89. The van der Waals surface area contributed by atoms with E-state index in [0.717, 1.165) is 0 Å². The topological polar surface area (TPSA) is 127 Å². The standard InChI is InChI=1S/C12H20N4O4S/c1-3-4-9-11(21(13,18)19)10(16-15-9)12(17)14-7-5-8(6-7)20-2/h7-8H,3-6H2,1-2H3,(H,14,17)(H,15,16)(H2,13,18,19). The fourth-order valence-corrected chi connectivity index (χ4v) is 3.28. The molecular weight excluding hydrogens is 296 g/mol. The number of aromatic nitrogens is 2. The molecule has 1 amide bonds. The predicted molar refractivity (Wildman–Crippen MR) is 75.2 cm³/mol. The molecule has 8 nitrogen and oxygen atoms in total. The monoisotopic (exact) mass is 316 g/mol. The van der Waals surface area contributed by atoms with Crippen LogP contribution in [-0.4, -0.2) is 43.8 Å². The summed E-state index contributed by atoms with van der Waals surface area (Å²) >= 11 is 0. The van der Waals surface area contributed by atoms with Crippen LogP contribution < -0.4 is 10.5 Å². The van der Waals surface area contributed by atoms with Gasteiger partial charge in [-0.25, -0.2) is 13.6 Å². The number of rotatable bonds is 6. The van der Waals surface area contributed by atoms with Crippen molar-refractivity contribution >= 4 is 15.9 Å². The van der Waals surface area contributed by atoms with Crippen molar-refractivity contribution in [2.75, 3.05) is 7.11 Å². The number of sulfonamides is 1. The fourth-order valence-electron chi connectivity index (χ4n) is 2.38. The van der Waals surface area contributed by atoms with Crippen molar-refractivity contribution in [1.82, 2.24) is 15.5 Å². The molecule has 0 unspecified atom stereocenters. The number of hydrogen-bond acceptors (Lipinski definition) is 5. The third-order valence-electron chi connectivity index (χ3n) is 3.55. The number of nitrogens with one attached hydrogen (secondary N) is 2. The summed E-state index contributed by atoms with van der Waals surface area (Å²) in [5.74, 6) is -0.530. The molecule has 0 aromatic carbocycles. The summed E-state index contributed by atoms with van der Waals surface area (Å²) in [6, 6.07) is -0.0258. The Labute approximate surface area is 123 Å². The molecule has 0 saturated heterocycles. The summed E-state index contributed by atoms with van der Waals surface area (Å²) in [6.45, 7) is 1.90. The van der Waals surface area contributed by atoms with E-state index in [0.29, 0.717) is 31.4 Å². The second kappa shape index (κ2) is 6.12. The summed E-state index contributed by atoms with van der Waals surface area (Å²) in [4.78, 5) is 12.0. The molecule has 1 aliphatic rings. The lowest BCUT2D eigenvalue weighted by atomic mass is 9.89. The molecule has 0 radical (unpaired) electrons. The Hall–Kier alpha value is -1.45. The van der Waals surface area contributed by atoms with Gasteiger partial charge in [0.05, 0.1) is 11.8 Å². The first-order valence-electron chi connectivity index (χ1n) is 6.80. The third-order valence-corrected chi connectivity index (χ3v) is 4.56. The summed E-state index contributed by atoms with van der Waals surface area (Å²) in [5.41, 5.74) is 0.204. The van der Waals surface area contributed by atoms with Gasteiger partial charge in [0.25, 0.3) is 5.91 Å². The van der Waals surface area contributed by atoms with Crippen molar-refractivity contribution in [3.05, 3.63) is 11.4 Å². The van der Waals surface area contributed by atoms with E-state index in [1.165, 1.54) is 0 Å². The third kappa shape index (κ3) is 3.42. The number of amides is 1. The Morgan fingerprint density at radius 3 is 2.71 bits per heavy atom. The molecule has 0 atom stereocenters. The van der Waals surface area contributed by atoms with Gasteiger partial charge in [0.1, 0.15) is 4.90 Å². The van der Waals surface area contributed by atoms with Gasteiger partial charge in [-0.2, -0.15) is 5.10 Å². The number of aromatic amines is 1. The lowest BCUT2D eigenvalue weighted by Gasteiger charge is -2.34. The van der Waals surface area contributed by atoms with Crippen LogP contribution in [-0.2, 0) is 21.2 Å². The smallest absolute Gasteiger partial charge is 0.273 e. The largest absolute Gasteiger partial charge is 0.381 e. The van der Waals surface area contributed by atoms with E-state index in [2.05, 4.69) is 15.5 Å². The Kier molecular flexibility index (Phi) is 4.64. The first-order chi connectivity index (χ1) is 9.86. The number of nitrogens with two attached hydrogens (primary N) is 1. The normalized spacial score (nSPS) is 21.9. The average molecular weight is 316 g/mol. The Balaban J connectivity index is 2.17. The molecule has 1 aromatic heterocycles. The highest BCUT2D eigenvalue weighted by atomic mass is 32.2. The van der Waals surface area contributed by atoms with Crippen molar-refractivity contribution < 1.29 is 17.9 Å². The van der Waals surface area contributed by atoms with Gasteiger partial charge in [-0.1, -0.05) is 13.3 Å². The fraction of sp³-hybridized carbons (Fsp3) is 0.667. The second-order valence-corrected chi connectivity index (χ2v) is 6.67. The zero-order chi connectivity index (χ0) is 15.6. The number of methoxy groups -OCH3 is 1. The van der Waals surface area contributed by atoms with Gasteiger partial charge in [0.2, 0.25) is 10.0 Å². The molecule has 1 aromatic rings. The van der Waals surface area contributed by atoms with Crippen LogP contribution in [0.1, 0.15) is 42.4 Å². The number of hydrogen-bond donors (Lipinski definition) is 3. The lowest BCUT2D eigenvalue weighted by molar-refractivity contribution is 0.0175. The Morgan fingerprint density at radius 2 is 2.19 bits per heavy atom. The molecule has 1 heterocycles. The zero-order valence-corrected chi connectivity index (χ0v) is 12.9. The molecule has 1 aliphatic carbocycles. The Bertz CT molecular complexity index is 619. The maximum Gasteiger partial charge on any atom is 0.273 e. The number of ether oxygens (including phenoxy) is 1. The molecule has 0 spiro atoms. The molecule has 4 N–H and O–H groups in total. The van der Waals surface area contributed by atoms with E-state index in [4.69, 9.17) is 9.88 Å². The molecule has 0 aliphatic heterocycles. The van der Waals surface area contributed by atoms with Crippen LogP contribution >= 0.6 is 0 Å². The van der Waals surface area contributed by atoms with Crippen molar-refractivity contribution in [3.8, 4) is 0 Å². The number of carbonyl (C=O) groups is 1. The van der Waals surface area contributed by atoms with E-state index >= 15 is 0 Å². The van der Waals surface area contributed by atoms with Gasteiger partial charge in [0.15, 0.2) is 5.69 Å². The van der Waals surface area contributed by atoms with Crippen LogP contribution in [0.5, 0.6) is 0 Å². The predicted octanol–water partition coefficient (Wildman–Crippen LogP) is -0.0832. The Morgan fingerprint density at radius 1 is 1.52 bits per heavy atom. The van der Waals surface area contributed by atoms with E-state index in [-0.39, 0.29) is 22.7 Å². The van der Waals surface area contributed by atoms with Gasteiger partial charge in [-0.3, -0.25) is 9.89 Å². The van der Waals surface area contributed by atoms with Crippen molar-refractivity contribution in [1.29, 1.82) is 0 Å². The van der Waals surface area contributed by atoms with Gasteiger partial charge in [-0.15, -0.1) is 0 Å². The maximum absolute atomic E-state index is 12.2. The van der Waals surface area contributed by atoms with Crippen molar-refractivity contribution in [2.45, 2.75) is 49.6 Å². The van der Waals surface area contributed by atoms with E-state index in [9.17, 15) is 13.2 Å². The molecule has 0 bridgehead atoms. The van der Waals surface area contributed by atoms with Crippen LogP contribution in [0.4, 0.5) is 0 Å². The molecule has 2 rings (SSSR count). The van der Waals surface area contributed by atoms with E-state index < -0.39 is 15.9 Å². The van der Waals surface area contributed by atoms with Crippen LogP contribution in [0.2, 0.25) is 0 Å². The number of primary sulfonamides is 1. The summed E-state index contributed by atoms with van der Waals surface area (Å²) < 4.78 is 28.5. The summed E-state index contributed by atoms with van der Waals surface area (Å²) in [7, 11) is -2.39. The minimum absolute atomic E-state index is 0.0258. The highest BCUT2D eigenvalue weighted by Crippen LogP contribution is 2.24. The minimum Gasteiger partial charge on any atom is -0.381 e. The molecule has 21 heavy (non-hydrogen) atoms. The van der Waals surface area contributed by atoms with Gasteiger partial charge in [-0.05, 0) is 19.3 Å². The SMILES string of the molecule is CCCc1[nH]nc(C(=O)NC2CC(OC)C2)c1S(N)(=O)=O. The minimum atomic E-state index is -4.01. The molecule has 1 saturated carbocycles. The van der Waals surface area contributed by atoms with E-state index in [1.54, 1.807) is 7.11 Å². The van der Waals surface area contributed by atoms with Crippen LogP contribution in [0.15, 0.2) is 4.90 Å². The molecule has 1 fully saturated rings. The van der Waals surface area contributed by atoms with E-state index in [1.807, 2.05) is 6.92 Å². The van der Waals surface area contributed by atoms with Gasteiger partial charge < -0.3 is 10.1 Å². The first-order valence-corrected chi connectivity index (χ1v) is 8.35. The maximum atomic E-state index is 12.2. The van der Waals surface area contributed by atoms with Crippen molar-refractivity contribution in [3.63, 3.8) is 0 Å². The number of carbonyl (C=O) groups excluding carboxylic acids is 1. The van der Waals surface area contributed by atoms with Crippen LogP contribution in [0.3, 0.4) is 0 Å². The highest BCUT2D eigenvalue weighted by Gasteiger charge is 2.33. The average Bonchev–Trinajstić information content (AvgIpc) is 2.77. The molecular formula is C12H20N4O4S. The lowest BCUT2D eigenvalue weighted by Crippen LogP contribution is -2.47. The van der Waals surface area contributed by atoms with Crippen LogP contribution in [0, 0.1) is 0 Å². The first kappa shape index (κ1) is 15.9.